The fraction of sp³-hybridized carbons (Fsp3) is 0.619. The van der Waals surface area contributed by atoms with Crippen LogP contribution in [0.1, 0.15) is 51.0 Å². The number of carbonyl (C=O) groups excluding carboxylic acids is 2. The van der Waals surface area contributed by atoms with Gasteiger partial charge in [0.1, 0.15) is 5.54 Å². The predicted molar refractivity (Wildman–Crippen MR) is 118 cm³/mol. The Bertz CT molecular complexity index is 928. The maximum Gasteiger partial charge on any atom is 0.247 e. The zero-order valence-electron chi connectivity index (χ0n) is 17.8. The number of piperazine rings is 1. The molecule has 2 fully saturated rings. The SMILES string of the molecule is Cc1ccc(Cl)cc1N1C(=O)CN(S(C)(=O)=O)CC1(C)C(=O)NC1CCCCCC1. The van der Waals surface area contributed by atoms with Crippen LogP contribution >= 0.6 is 11.6 Å². The van der Waals surface area contributed by atoms with Crippen molar-refractivity contribution in [3.05, 3.63) is 28.8 Å². The largest absolute Gasteiger partial charge is 0.351 e. The molecule has 1 saturated heterocycles. The van der Waals surface area contributed by atoms with Crippen LogP contribution in [0, 0.1) is 6.92 Å². The number of sulfonamides is 1. The molecular weight excluding hydrogens is 426 g/mol. The molecule has 9 heteroatoms. The van der Waals surface area contributed by atoms with Crippen LogP contribution in [0.15, 0.2) is 18.2 Å². The molecular formula is C21H30ClN3O4S. The molecule has 1 aliphatic heterocycles. The van der Waals surface area contributed by atoms with E-state index in [1.807, 2.05) is 6.92 Å². The van der Waals surface area contributed by atoms with Gasteiger partial charge in [0, 0.05) is 23.3 Å². The standard InChI is InChI=1S/C21H30ClN3O4S/c1-15-10-11-16(22)12-18(15)25-19(26)13-24(30(3,28)29)14-21(25,2)20(27)23-17-8-6-4-5-7-9-17/h10-12,17H,4-9,13-14H2,1-3H3,(H,23,27). The highest BCUT2D eigenvalue weighted by Gasteiger charge is 2.51. The zero-order valence-corrected chi connectivity index (χ0v) is 19.4. The second-order valence-electron chi connectivity index (χ2n) is 8.63. The summed E-state index contributed by atoms with van der Waals surface area (Å²) in [5.41, 5.74) is -0.0756. The van der Waals surface area contributed by atoms with Crippen molar-refractivity contribution < 1.29 is 18.0 Å². The van der Waals surface area contributed by atoms with Gasteiger partial charge in [-0.1, -0.05) is 43.4 Å². The predicted octanol–water partition coefficient (Wildman–Crippen LogP) is 2.85. The molecule has 3 rings (SSSR count). The van der Waals surface area contributed by atoms with E-state index in [1.165, 1.54) is 4.90 Å². The highest BCUT2D eigenvalue weighted by atomic mass is 35.5. The van der Waals surface area contributed by atoms with Crippen LogP contribution < -0.4 is 10.2 Å². The second-order valence-corrected chi connectivity index (χ2v) is 11.0. The van der Waals surface area contributed by atoms with Crippen LogP contribution in [0.25, 0.3) is 0 Å². The molecule has 1 saturated carbocycles. The molecule has 1 N–H and O–H groups in total. The first-order chi connectivity index (χ1) is 14.0. The molecule has 1 atom stereocenters. The number of aryl methyl sites for hydroxylation is 1. The van der Waals surface area contributed by atoms with E-state index >= 15 is 0 Å². The number of carbonyl (C=O) groups is 2. The molecule has 1 heterocycles. The minimum atomic E-state index is -3.65. The van der Waals surface area contributed by atoms with Gasteiger partial charge in [-0.05, 0) is 44.4 Å². The maximum absolute atomic E-state index is 13.5. The van der Waals surface area contributed by atoms with E-state index < -0.39 is 21.5 Å². The van der Waals surface area contributed by atoms with Crippen molar-refractivity contribution in [3.8, 4) is 0 Å². The van der Waals surface area contributed by atoms with E-state index in [-0.39, 0.29) is 25.0 Å². The van der Waals surface area contributed by atoms with Crippen LogP contribution in [-0.4, -0.2) is 55.5 Å². The van der Waals surface area contributed by atoms with Crippen molar-refractivity contribution in [1.82, 2.24) is 9.62 Å². The van der Waals surface area contributed by atoms with Gasteiger partial charge in [-0.2, -0.15) is 4.31 Å². The molecule has 1 aromatic carbocycles. The third-order valence-corrected chi connectivity index (χ3v) is 7.53. The van der Waals surface area contributed by atoms with E-state index in [9.17, 15) is 18.0 Å². The van der Waals surface area contributed by atoms with Crippen molar-refractivity contribution in [1.29, 1.82) is 0 Å². The first kappa shape index (κ1) is 23.0. The summed E-state index contributed by atoms with van der Waals surface area (Å²) < 4.78 is 25.6. The van der Waals surface area contributed by atoms with Crippen LogP contribution in [0.4, 0.5) is 5.69 Å². The van der Waals surface area contributed by atoms with E-state index in [2.05, 4.69) is 5.32 Å². The summed E-state index contributed by atoms with van der Waals surface area (Å²) in [7, 11) is -3.65. The summed E-state index contributed by atoms with van der Waals surface area (Å²) in [6, 6.07) is 5.20. The normalized spacial score (nSPS) is 24.5. The Labute approximate surface area is 183 Å². The van der Waals surface area contributed by atoms with Gasteiger partial charge in [-0.3, -0.25) is 14.5 Å². The van der Waals surface area contributed by atoms with Crippen LogP contribution in [0.5, 0.6) is 0 Å². The number of nitrogens with one attached hydrogen (secondary N) is 1. The molecule has 2 aliphatic rings. The van der Waals surface area contributed by atoms with Crippen molar-refractivity contribution in [2.24, 2.45) is 0 Å². The lowest BCUT2D eigenvalue weighted by Crippen LogP contribution is -2.70. The topological polar surface area (TPSA) is 86.8 Å². The molecule has 1 aromatic rings. The van der Waals surface area contributed by atoms with Gasteiger partial charge >= 0.3 is 0 Å². The lowest BCUT2D eigenvalue weighted by Gasteiger charge is -2.47. The minimum Gasteiger partial charge on any atom is -0.351 e. The van der Waals surface area contributed by atoms with Gasteiger partial charge in [-0.25, -0.2) is 8.42 Å². The Morgan fingerprint density at radius 1 is 1.20 bits per heavy atom. The summed E-state index contributed by atoms with van der Waals surface area (Å²) >= 11 is 6.19. The quantitative estimate of drug-likeness (QED) is 0.707. The van der Waals surface area contributed by atoms with Crippen molar-refractivity contribution in [2.45, 2.75) is 64.0 Å². The minimum absolute atomic E-state index is 0.0304. The van der Waals surface area contributed by atoms with Gasteiger partial charge in [0.2, 0.25) is 21.8 Å². The van der Waals surface area contributed by atoms with E-state index in [0.717, 1.165) is 54.6 Å². The number of amides is 2. The molecule has 0 bridgehead atoms. The van der Waals surface area contributed by atoms with Gasteiger partial charge in [-0.15, -0.1) is 0 Å². The number of benzene rings is 1. The molecule has 0 aromatic heterocycles. The Balaban J connectivity index is 2.01. The van der Waals surface area contributed by atoms with Crippen molar-refractivity contribution >= 4 is 39.1 Å². The first-order valence-corrected chi connectivity index (χ1v) is 12.6. The Morgan fingerprint density at radius 2 is 1.83 bits per heavy atom. The van der Waals surface area contributed by atoms with Crippen LogP contribution in [0.3, 0.4) is 0 Å². The smallest absolute Gasteiger partial charge is 0.247 e. The Hall–Kier alpha value is -1.64. The summed E-state index contributed by atoms with van der Waals surface area (Å²) in [5.74, 6) is -0.786. The highest BCUT2D eigenvalue weighted by Crippen LogP contribution is 2.34. The summed E-state index contributed by atoms with van der Waals surface area (Å²) in [6.07, 6.45) is 7.24. The number of hydrogen-bond acceptors (Lipinski definition) is 4. The van der Waals surface area contributed by atoms with Crippen LogP contribution in [-0.2, 0) is 19.6 Å². The second kappa shape index (κ2) is 8.85. The van der Waals surface area contributed by atoms with E-state index in [0.29, 0.717) is 10.7 Å². The molecule has 7 nitrogen and oxygen atoms in total. The third kappa shape index (κ3) is 4.81. The number of anilines is 1. The summed E-state index contributed by atoms with van der Waals surface area (Å²) in [6.45, 7) is 3.05. The third-order valence-electron chi connectivity index (χ3n) is 6.10. The number of nitrogens with zero attached hydrogens (tertiary/aromatic N) is 2. The monoisotopic (exact) mass is 455 g/mol. The lowest BCUT2D eigenvalue weighted by atomic mass is 9.92. The molecule has 2 amide bonds. The van der Waals surface area contributed by atoms with E-state index in [4.69, 9.17) is 11.6 Å². The van der Waals surface area contributed by atoms with Gasteiger partial charge in [0.15, 0.2) is 0 Å². The lowest BCUT2D eigenvalue weighted by molar-refractivity contribution is -0.133. The van der Waals surface area contributed by atoms with Gasteiger partial charge in [0.25, 0.3) is 0 Å². The fourth-order valence-electron chi connectivity index (χ4n) is 4.36. The van der Waals surface area contributed by atoms with Crippen molar-refractivity contribution in [2.75, 3.05) is 24.2 Å². The fourth-order valence-corrected chi connectivity index (χ4v) is 5.36. The number of hydrogen-bond donors (Lipinski definition) is 1. The average Bonchev–Trinajstić information content (AvgIpc) is 2.92. The number of halogens is 1. The molecule has 1 unspecified atom stereocenters. The van der Waals surface area contributed by atoms with Gasteiger partial charge in [0.05, 0.1) is 12.8 Å². The Morgan fingerprint density at radius 3 is 2.43 bits per heavy atom. The van der Waals surface area contributed by atoms with Crippen LogP contribution in [0.2, 0.25) is 5.02 Å². The molecule has 30 heavy (non-hydrogen) atoms. The molecule has 0 spiro atoms. The molecule has 1 aliphatic carbocycles. The zero-order chi connectivity index (χ0) is 22.1. The number of rotatable bonds is 4. The highest BCUT2D eigenvalue weighted by molar-refractivity contribution is 7.88. The first-order valence-electron chi connectivity index (χ1n) is 10.4. The summed E-state index contributed by atoms with van der Waals surface area (Å²) in [4.78, 5) is 28.2. The van der Waals surface area contributed by atoms with Gasteiger partial charge < -0.3 is 5.32 Å². The van der Waals surface area contributed by atoms with Crippen molar-refractivity contribution in [3.63, 3.8) is 0 Å². The maximum atomic E-state index is 13.5. The summed E-state index contributed by atoms with van der Waals surface area (Å²) in [5, 5.41) is 3.55. The molecule has 0 radical (unpaired) electrons. The Kier molecular flexibility index (Phi) is 6.79. The average molecular weight is 456 g/mol. The molecule has 166 valence electrons. The van der Waals surface area contributed by atoms with E-state index in [1.54, 1.807) is 25.1 Å².